The van der Waals surface area contributed by atoms with Gasteiger partial charge in [-0.2, -0.15) is 0 Å². The van der Waals surface area contributed by atoms with E-state index in [0.717, 1.165) is 31.7 Å². The van der Waals surface area contributed by atoms with Crippen molar-refractivity contribution < 1.29 is 9.47 Å². The van der Waals surface area contributed by atoms with E-state index in [-0.39, 0.29) is 0 Å². The van der Waals surface area contributed by atoms with Crippen LogP contribution in [0.4, 0.5) is 0 Å². The Balaban J connectivity index is 2.42. The molecule has 1 saturated heterocycles. The van der Waals surface area contributed by atoms with E-state index in [9.17, 15) is 0 Å². The quantitative estimate of drug-likeness (QED) is 0.573. The molecule has 16 heavy (non-hydrogen) atoms. The minimum absolute atomic E-state index is 0.327. The van der Waals surface area contributed by atoms with Crippen LogP contribution in [-0.4, -0.2) is 26.3 Å². The molecular weight excluding hydrogens is 202 g/mol. The van der Waals surface area contributed by atoms with Gasteiger partial charge in [-0.1, -0.05) is 6.58 Å². The van der Waals surface area contributed by atoms with Crippen molar-refractivity contribution >= 4 is 0 Å². The molecule has 1 aliphatic heterocycles. The van der Waals surface area contributed by atoms with Crippen LogP contribution in [0.3, 0.4) is 0 Å². The fraction of sp³-hybridized carbons (Fsp3) is 0.538. The predicted octanol–water partition coefficient (Wildman–Crippen LogP) is 2.38. The molecule has 0 aromatic carbocycles. The Kier molecular flexibility index (Phi) is 5.72. The third-order valence-electron chi connectivity index (χ3n) is 2.57. The molecule has 1 rings (SSSR count). The first-order valence-corrected chi connectivity index (χ1v) is 5.71. The summed E-state index contributed by atoms with van der Waals surface area (Å²) in [5, 5.41) is 3.31. The van der Waals surface area contributed by atoms with Crippen LogP contribution < -0.4 is 5.32 Å². The molecule has 3 nitrogen and oxygen atoms in total. The Morgan fingerprint density at radius 1 is 1.31 bits per heavy atom. The standard InChI is InChI=1S/C13H21NO2/c1-4-12(6-5-11(2)15-3)16-13-7-9-14-10-8-13/h4-6,13-14H,2,7-10H2,1,3H3/b6-5-,12-4+. The molecule has 0 unspecified atom stereocenters. The van der Waals surface area contributed by atoms with Crippen molar-refractivity contribution in [2.75, 3.05) is 20.2 Å². The normalized spacial score (nSPS) is 18.8. The Labute approximate surface area is 97.8 Å². The topological polar surface area (TPSA) is 30.5 Å². The predicted molar refractivity (Wildman–Crippen MR) is 66.0 cm³/mol. The summed E-state index contributed by atoms with van der Waals surface area (Å²) in [6.07, 6.45) is 8.13. The van der Waals surface area contributed by atoms with Crippen LogP contribution in [0.5, 0.6) is 0 Å². The first-order valence-electron chi connectivity index (χ1n) is 5.71. The van der Waals surface area contributed by atoms with Gasteiger partial charge in [-0.3, -0.25) is 0 Å². The molecule has 1 aliphatic rings. The molecule has 0 aromatic rings. The number of piperidine rings is 1. The highest BCUT2D eigenvalue weighted by atomic mass is 16.5. The van der Waals surface area contributed by atoms with Crippen LogP contribution in [0, 0.1) is 0 Å². The van der Waals surface area contributed by atoms with Gasteiger partial charge in [-0.05, 0) is 51.1 Å². The summed E-state index contributed by atoms with van der Waals surface area (Å²) in [7, 11) is 1.61. The molecule has 0 bridgehead atoms. The molecule has 0 spiro atoms. The van der Waals surface area contributed by atoms with E-state index in [0.29, 0.717) is 11.9 Å². The first-order chi connectivity index (χ1) is 7.76. The molecule has 3 heteroatoms. The second kappa shape index (κ2) is 7.12. The van der Waals surface area contributed by atoms with Gasteiger partial charge in [0.15, 0.2) is 0 Å². The minimum Gasteiger partial charge on any atom is -0.497 e. The zero-order chi connectivity index (χ0) is 11.8. The number of allylic oxidation sites excluding steroid dienone is 3. The summed E-state index contributed by atoms with van der Waals surface area (Å²) in [5.74, 6) is 1.51. The molecular formula is C13H21NO2. The summed E-state index contributed by atoms with van der Waals surface area (Å²) in [5.41, 5.74) is 0. The largest absolute Gasteiger partial charge is 0.497 e. The van der Waals surface area contributed by atoms with Crippen molar-refractivity contribution in [1.29, 1.82) is 0 Å². The van der Waals surface area contributed by atoms with E-state index in [4.69, 9.17) is 9.47 Å². The van der Waals surface area contributed by atoms with E-state index in [1.165, 1.54) is 0 Å². The lowest BCUT2D eigenvalue weighted by Crippen LogP contribution is -2.32. The molecule has 90 valence electrons. The number of ether oxygens (including phenoxy) is 2. The highest BCUT2D eigenvalue weighted by Crippen LogP contribution is 2.13. The van der Waals surface area contributed by atoms with E-state index in [1.807, 2.05) is 25.2 Å². The van der Waals surface area contributed by atoms with Crippen LogP contribution in [-0.2, 0) is 9.47 Å². The van der Waals surface area contributed by atoms with E-state index in [1.54, 1.807) is 7.11 Å². The monoisotopic (exact) mass is 223 g/mol. The van der Waals surface area contributed by atoms with Crippen molar-refractivity contribution in [1.82, 2.24) is 5.32 Å². The average Bonchev–Trinajstić information content (AvgIpc) is 2.35. The maximum atomic E-state index is 5.87. The molecule has 1 fully saturated rings. The highest BCUT2D eigenvalue weighted by molar-refractivity contribution is 5.19. The van der Waals surface area contributed by atoms with Crippen LogP contribution in [0.15, 0.2) is 36.3 Å². The van der Waals surface area contributed by atoms with Gasteiger partial charge in [0, 0.05) is 0 Å². The van der Waals surface area contributed by atoms with E-state index < -0.39 is 0 Å². The maximum Gasteiger partial charge on any atom is 0.115 e. The Hall–Kier alpha value is -1.22. The summed E-state index contributed by atoms with van der Waals surface area (Å²) in [6, 6.07) is 0. The average molecular weight is 223 g/mol. The molecule has 1 N–H and O–H groups in total. The molecule has 0 aliphatic carbocycles. The van der Waals surface area contributed by atoms with Gasteiger partial charge in [0.25, 0.3) is 0 Å². The van der Waals surface area contributed by atoms with Gasteiger partial charge in [-0.15, -0.1) is 0 Å². The number of hydrogen-bond acceptors (Lipinski definition) is 3. The third kappa shape index (κ3) is 4.53. The first kappa shape index (κ1) is 12.8. The second-order valence-corrected chi connectivity index (χ2v) is 3.76. The fourth-order valence-electron chi connectivity index (χ4n) is 1.55. The Bertz CT molecular complexity index is 276. The molecule has 1 heterocycles. The van der Waals surface area contributed by atoms with Gasteiger partial charge < -0.3 is 14.8 Å². The SMILES string of the molecule is C=C(/C=C\C(=C/C)OC1CCNCC1)OC. The van der Waals surface area contributed by atoms with Gasteiger partial charge in [0.1, 0.15) is 17.6 Å². The van der Waals surface area contributed by atoms with Crippen molar-refractivity contribution in [3.05, 3.63) is 36.3 Å². The molecule has 0 radical (unpaired) electrons. The molecule has 0 saturated carbocycles. The van der Waals surface area contributed by atoms with Crippen LogP contribution in [0.1, 0.15) is 19.8 Å². The summed E-state index contributed by atoms with van der Waals surface area (Å²) < 4.78 is 10.8. The summed E-state index contributed by atoms with van der Waals surface area (Å²) >= 11 is 0. The van der Waals surface area contributed by atoms with Crippen molar-refractivity contribution in [3.63, 3.8) is 0 Å². The van der Waals surface area contributed by atoms with E-state index in [2.05, 4.69) is 11.9 Å². The summed E-state index contributed by atoms with van der Waals surface area (Å²) in [4.78, 5) is 0. The Morgan fingerprint density at radius 3 is 2.56 bits per heavy atom. The number of nitrogens with one attached hydrogen (secondary N) is 1. The number of methoxy groups -OCH3 is 1. The van der Waals surface area contributed by atoms with Crippen molar-refractivity contribution in [2.45, 2.75) is 25.9 Å². The minimum atomic E-state index is 0.327. The molecule has 0 atom stereocenters. The van der Waals surface area contributed by atoms with Crippen molar-refractivity contribution in [2.24, 2.45) is 0 Å². The Morgan fingerprint density at radius 2 is 2.00 bits per heavy atom. The van der Waals surface area contributed by atoms with Gasteiger partial charge in [0.2, 0.25) is 0 Å². The van der Waals surface area contributed by atoms with Gasteiger partial charge >= 0.3 is 0 Å². The lowest BCUT2D eigenvalue weighted by molar-refractivity contribution is 0.0956. The zero-order valence-corrected chi connectivity index (χ0v) is 10.2. The highest BCUT2D eigenvalue weighted by Gasteiger charge is 2.14. The maximum absolute atomic E-state index is 5.87. The number of hydrogen-bond donors (Lipinski definition) is 1. The number of rotatable bonds is 5. The zero-order valence-electron chi connectivity index (χ0n) is 10.2. The molecule has 0 aromatic heterocycles. The lowest BCUT2D eigenvalue weighted by atomic mass is 10.1. The van der Waals surface area contributed by atoms with Gasteiger partial charge in [-0.25, -0.2) is 0 Å². The lowest BCUT2D eigenvalue weighted by Gasteiger charge is -2.24. The van der Waals surface area contributed by atoms with Crippen LogP contribution in [0.25, 0.3) is 0 Å². The fourth-order valence-corrected chi connectivity index (χ4v) is 1.55. The van der Waals surface area contributed by atoms with Crippen molar-refractivity contribution in [3.8, 4) is 0 Å². The second-order valence-electron chi connectivity index (χ2n) is 3.76. The van der Waals surface area contributed by atoms with Crippen LogP contribution >= 0.6 is 0 Å². The van der Waals surface area contributed by atoms with Gasteiger partial charge in [0.05, 0.1) is 7.11 Å². The summed E-state index contributed by atoms with van der Waals surface area (Å²) in [6.45, 7) is 7.77. The smallest absolute Gasteiger partial charge is 0.115 e. The molecule has 0 amide bonds. The van der Waals surface area contributed by atoms with Crippen LogP contribution in [0.2, 0.25) is 0 Å². The van der Waals surface area contributed by atoms with E-state index >= 15 is 0 Å². The third-order valence-corrected chi connectivity index (χ3v) is 2.57.